The lowest BCUT2D eigenvalue weighted by Gasteiger charge is -2.42. The zero-order valence-electron chi connectivity index (χ0n) is 32.3. The molecule has 1 aromatic heterocycles. The van der Waals surface area contributed by atoms with E-state index >= 15 is 0 Å². The second kappa shape index (κ2) is 19.8. The standard InChI is InChI=1S/C39H52N7O9P/c1-5-7-22-55-39(50)45-20-21-46(33(25-45)28-14-10-8-11-15-28)37(48)32(26-56(51,52)43-27(3)38(49)54-6-2)41-36(47)31-23-34(44-19-18-30(24-44)53-4)42-35(40-31)29-16-12-9-13-17-29/h8-17,23,27,30,32-33H,5-7,18-22,24-26H2,1-4H3,(H,41,47)(H2,43,51,52)/t27-,30-,32-,33?/m0/s1. The van der Waals surface area contributed by atoms with Crippen molar-refractivity contribution in [2.75, 3.05) is 64.1 Å². The van der Waals surface area contributed by atoms with Gasteiger partial charge >= 0.3 is 12.1 Å². The summed E-state index contributed by atoms with van der Waals surface area (Å²) < 4.78 is 29.8. The molecule has 2 saturated heterocycles. The largest absolute Gasteiger partial charge is 0.465 e. The fourth-order valence-corrected chi connectivity index (χ4v) is 8.22. The Morgan fingerprint density at radius 3 is 2.34 bits per heavy atom. The average Bonchev–Trinajstić information content (AvgIpc) is 3.70. The van der Waals surface area contributed by atoms with E-state index in [0.29, 0.717) is 36.5 Å². The third kappa shape index (κ3) is 11.1. The van der Waals surface area contributed by atoms with Crippen LogP contribution >= 0.6 is 7.52 Å². The molecule has 2 aromatic carbocycles. The summed E-state index contributed by atoms with van der Waals surface area (Å²) >= 11 is 0. The number of hydrogen-bond donors (Lipinski definition) is 3. The van der Waals surface area contributed by atoms with Crippen molar-refractivity contribution in [3.63, 3.8) is 0 Å². The molecule has 2 aliphatic heterocycles. The summed E-state index contributed by atoms with van der Waals surface area (Å²) in [7, 11) is -2.88. The molecule has 0 saturated carbocycles. The molecular weight excluding hydrogens is 741 g/mol. The lowest BCUT2D eigenvalue weighted by molar-refractivity contribution is -0.144. The molecule has 16 nitrogen and oxygen atoms in total. The van der Waals surface area contributed by atoms with Crippen molar-refractivity contribution < 1.29 is 42.8 Å². The van der Waals surface area contributed by atoms with Crippen LogP contribution in [0.5, 0.6) is 0 Å². The number of benzene rings is 2. The van der Waals surface area contributed by atoms with E-state index < -0.39 is 55.7 Å². The number of ether oxygens (including phenoxy) is 3. The van der Waals surface area contributed by atoms with Gasteiger partial charge in [-0.2, -0.15) is 0 Å². The molecule has 0 bridgehead atoms. The molecular formula is C39H52N7O9P. The lowest BCUT2D eigenvalue weighted by Crippen LogP contribution is -2.58. The number of methoxy groups -OCH3 is 1. The van der Waals surface area contributed by atoms with Gasteiger partial charge in [-0.05, 0) is 32.3 Å². The van der Waals surface area contributed by atoms with Crippen molar-refractivity contribution in [3.05, 3.63) is 78.0 Å². The molecule has 0 radical (unpaired) electrons. The van der Waals surface area contributed by atoms with E-state index in [9.17, 15) is 28.6 Å². The van der Waals surface area contributed by atoms with Gasteiger partial charge < -0.3 is 39.1 Å². The second-order valence-corrected chi connectivity index (χ2v) is 15.8. The molecule has 3 aromatic rings. The first-order chi connectivity index (χ1) is 26.9. The molecule has 56 heavy (non-hydrogen) atoms. The molecule has 3 N–H and O–H groups in total. The van der Waals surface area contributed by atoms with Gasteiger partial charge in [-0.25, -0.2) is 19.8 Å². The number of carbonyl (C=O) groups is 4. The van der Waals surface area contributed by atoms with E-state index in [1.807, 2.05) is 72.5 Å². The minimum absolute atomic E-state index is 0.0242. The van der Waals surface area contributed by atoms with Gasteiger partial charge in [0.05, 0.1) is 31.5 Å². The monoisotopic (exact) mass is 793 g/mol. The highest BCUT2D eigenvalue weighted by Gasteiger charge is 2.41. The topological polar surface area (TPSA) is 193 Å². The van der Waals surface area contributed by atoms with E-state index in [1.165, 1.54) is 22.8 Å². The fourth-order valence-electron chi connectivity index (χ4n) is 6.67. The molecule has 5 atom stereocenters. The maximum Gasteiger partial charge on any atom is 0.409 e. The van der Waals surface area contributed by atoms with Gasteiger partial charge in [-0.15, -0.1) is 0 Å². The normalized spacial score (nSPS) is 19.1. The number of nitrogens with one attached hydrogen (secondary N) is 2. The van der Waals surface area contributed by atoms with Gasteiger partial charge in [0.25, 0.3) is 13.4 Å². The van der Waals surface area contributed by atoms with Crippen LogP contribution in [0.25, 0.3) is 11.4 Å². The minimum atomic E-state index is -4.52. The number of carbonyl (C=O) groups excluding carboxylic acids is 4. The van der Waals surface area contributed by atoms with Gasteiger partial charge in [0.2, 0.25) is 5.91 Å². The number of aromatic nitrogens is 2. The molecule has 17 heteroatoms. The Hall–Kier alpha value is -4.89. The highest BCUT2D eigenvalue weighted by molar-refractivity contribution is 7.56. The van der Waals surface area contributed by atoms with E-state index in [2.05, 4.69) is 15.4 Å². The molecule has 0 aliphatic carbocycles. The predicted octanol–water partition coefficient (Wildman–Crippen LogP) is 4.02. The van der Waals surface area contributed by atoms with Crippen LogP contribution in [0.1, 0.15) is 62.1 Å². The number of piperazine rings is 1. The maximum atomic E-state index is 14.7. The summed E-state index contributed by atoms with van der Waals surface area (Å²) in [6.45, 7) is 6.74. The SMILES string of the molecule is CCCCOC(=O)N1CCN(C(=O)[C@H](CP(=O)(O)N[C@@H](C)C(=O)OCC)NC(=O)c2cc(N3CC[C@H](OC)C3)nc(-c3ccccc3)n2)C(c2ccccc2)C1. The molecule has 5 rings (SSSR count). The Morgan fingerprint density at radius 1 is 0.964 bits per heavy atom. The van der Waals surface area contributed by atoms with Crippen LogP contribution in [-0.4, -0.2) is 126 Å². The predicted molar refractivity (Wildman–Crippen MR) is 209 cm³/mol. The molecule has 3 heterocycles. The number of anilines is 1. The van der Waals surface area contributed by atoms with Crippen LogP contribution in [0.2, 0.25) is 0 Å². The van der Waals surface area contributed by atoms with Crippen molar-refractivity contribution in [2.24, 2.45) is 0 Å². The number of hydrogen-bond acceptors (Lipinski definition) is 11. The first-order valence-corrected chi connectivity index (χ1v) is 20.8. The van der Waals surface area contributed by atoms with Crippen molar-refractivity contribution in [3.8, 4) is 11.4 Å². The molecule has 302 valence electrons. The van der Waals surface area contributed by atoms with Gasteiger partial charge in [-0.3, -0.25) is 18.9 Å². The molecule has 2 fully saturated rings. The fraction of sp³-hybridized carbons (Fsp3) is 0.487. The minimum Gasteiger partial charge on any atom is -0.465 e. The quantitative estimate of drug-likeness (QED) is 0.107. The summed E-state index contributed by atoms with van der Waals surface area (Å²) in [6.07, 6.45) is 1.03. The second-order valence-electron chi connectivity index (χ2n) is 13.8. The Morgan fingerprint density at radius 2 is 1.68 bits per heavy atom. The lowest BCUT2D eigenvalue weighted by atomic mass is 10.0. The first kappa shape index (κ1) is 42.3. The summed E-state index contributed by atoms with van der Waals surface area (Å²) in [5, 5.41) is 5.13. The number of rotatable bonds is 16. The van der Waals surface area contributed by atoms with Gasteiger partial charge in [-0.1, -0.05) is 74.0 Å². The molecule has 2 aliphatic rings. The van der Waals surface area contributed by atoms with Crippen molar-refractivity contribution >= 4 is 37.2 Å². The van der Waals surface area contributed by atoms with Crippen LogP contribution in [0, 0.1) is 0 Å². The van der Waals surface area contributed by atoms with Gasteiger partial charge in [0, 0.05) is 51.5 Å². The summed E-state index contributed by atoms with van der Waals surface area (Å²) in [6, 6.07) is 16.3. The Bertz CT molecular complexity index is 1850. The van der Waals surface area contributed by atoms with E-state index in [-0.39, 0.29) is 50.5 Å². The molecule has 2 unspecified atom stereocenters. The Kier molecular flexibility index (Phi) is 14.9. The van der Waals surface area contributed by atoms with Crippen molar-refractivity contribution in [1.29, 1.82) is 0 Å². The molecule has 3 amide bonds. The average molecular weight is 794 g/mol. The van der Waals surface area contributed by atoms with E-state index in [4.69, 9.17) is 19.2 Å². The summed E-state index contributed by atoms with van der Waals surface area (Å²) in [5.41, 5.74) is 1.31. The first-order valence-electron chi connectivity index (χ1n) is 19.0. The van der Waals surface area contributed by atoms with Crippen molar-refractivity contribution in [2.45, 2.75) is 64.3 Å². The Balaban J connectivity index is 1.49. The van der Waals surface area contributed by atoms with Crippen LogP contribution < -0.4 is 15.3 Å². The number of esters is 1. The van der Waals surface area contributed by atoms with Crippen molar-refractivity contribution in [1.82, 2.24) is 30.2 Å². The molecule has 0 spiro atoms. The summed E-state index contributed by atoms with van der Waals surface area (Å²) in [4.78, 5) is 80.1. The third-order valence-electron chi connectivity index (χ3n) is 9.68. The number of nitrogens with zero attached hydrogens (tertiary/aromatic N) is 5. The van der Waals surface area contributed by atoms with Crippen LogP contribution in [0.15, 0.2) is 66.7 Å². The van der Waals surface area contributed by atoms with Crippen LogP contribution in [0.4, 0.5) is 10.6 Å². The number of unbranched alkanes of at least 4 members (excludes halogenated alkanes) is 1. The van der Waals surface area contributed by atoms with Gasteiger partial charge in [0.15, 0.2) is 5.82 Å². The highest BCUT2D eigenvalue weighted by Crippen LogP contribution is 2.38. The van der Waals surface area contributed by atoms with E-state index in [1.54, 1.807) is 14.0 Å². The smallest absolute Gasteiger partial charge is 0.409 e. The maximum absolute atomic E-state index is 14.7. The zero-order chi connectivity index (χ0) is 40.2. The van der Waals surface area contributed by atoms with Gasteiger partial charge in [0.1, 0.15) is 23.6 Å². The summed E-state index contributed by atoms with van der Waals surface area (Å²) in [5.74, 6) is -1.43. The highest BCUT2D eigenvalue weighted by atomic mass is 31.2. The number of amides is 3. The zero-order valence-corrected chi connectivity index (χ0v) is 33.2. The Labute approximate surface area is 327 Å². The van der Waals surface area contributed by atoms with Crippen LogP contribution in [-0.2, 0) is 28.4 Å². The van der Waals surface area contributed by atoms with Crippen LogP contribution in [0.3, 0.4) is 0 Å². The third-order valence-corrected chi connectivity index (χ3v) is 11.3. The van der Waals surface area contributed by atoms with E-state index in [0.717, 1.165) is 12.8 Å².